The average molecular weight is 290 g/mol. The van der Waals surface area contributed by atoms with Gasteiger partial charge in [0, 0.05) is 25.7 Å². The van der Waals surface area contributed by atoms with Crippen molar-refractivity contribution < 1.29 is 4.74 Å². The Morgan fingerprint density at radius 3 is 2.19 bits per heavy atom. The lowest BCUT2D eigenvalue weighted by molar-refractivity contribution is -0.187. The summed E-state index contributed by atoms with van der Waals surface area (Å²) in [4.78, 5) is 2.49. The molecule has 1 saturated heterocycles. The van der Waals surface area contributed by atoms with Crippen molar-refractivity contribution in [2.75, 3.05) is 19.6 Å². The van der Waals surface area contributed by atoms with Crippen molar-refractivity contribution >= 4 is 0 Å². The maximum atomic E-state index is 6.19. The molecule has 2 N–H and O–H groups in total. The fourth-order valence-electron chi connectivity index (χ4n) is 3.74. The monoisotopic (exact) mass is 290 g/mol. The van der Waals surface area contributed by atoms with E-state index in [1.165, 1.54) is 16.7 Å². The predicted octanol–water partition coefficient (Wildman–Crippen LogP) is 3.19. The van der Waals surface area contributed by atoms with Crippen LogP contribution in [0.25, 0.3) is 0 Å². The fourth-order valence-corrected chi connectivity index (χ4v) is 3.74. The third-order valence-corrected chi connectivity index (χ3v) is 4.17. The summed E-state index contributed by atoms with van der Waals surface area (Å²) in [6.07, 6.45) is 0. The van der Waals surface area contributed by atoms with Crippen molar-refractivity contribution in [3.8, 4) is 0 Å². The highest BCUT2D eigenvalue weighted by molar-refractivity contribution is 5.33. The van der Waals surface area contributed by atoms with Crippen LogP contribution in [0.5, 0.6) is 0 Å². The van der Waals surface area contributed by atoms with Crippen LogP contribution >= 0.6 is 0 Å². The molecule has 0 spiro atoms. The molecule has 1 atom stereocenters. The average Bonchev–Trinajstić information content (AvgIpc) is 2.28. The largest absolute Gasteiger partial charge is 0.367 e. The van der Waals surface area contributed by atoms with Gasteiger partial charge in [0.2, 0.25) is 0 Å². The highest BCUT2D eigenvalue weighted by Crippen LogP contribution is 2.34. The van der Waals surface area contributed by atoms with Crippen LogP contribution in [0.3, 0.4) is 0 Å². The summed E-state index contributed by atoms with van der Waals surface area (Å²) in [5, 5.41) is 0. The van der Waals surface area contributed by atoms with Gasteiger partial charge in [-0.15, -0.1) is 0 Å². The zero-order chi connectivity index (χ0) is 15.8. The van der Waals surface area contributed by atoms with Crippen LogP contribution in [0.15, 0.2) is 18.2 Å². The zero-order valence-corrected chi connectivity index (χ0v) is 14.4. The molecule has 1 aliphatic heterocycles. The Balaban J connectivity index is 2.32. The highest BCUT2D eigenvalue weighted by atomic mass is 16.5. The summed E-state index contributed by atoms with van der Waals surface area (Å²) >= 11 is 0. The van der Waals surface area contributed by atoms with Crippen LogP contribution in [-0.2, 0) is 4.74 Å². The van der Waals surface area contributed by atoms with E-state index in [1.54, 1.807) is 0 Å². The van der Waals surface area contributed by atoms with Gasteiger partial charge in [-0.05, 0) is 52.7 Å². The molecule has 21 heavy (non-hydrogen) atoms. The predicted molar refractivity (Wildman–Crippen MR) is 88.5 cm³/mol. The van der Waals surface area contributed by atoms with Crippen molar-refractivity contribution in [2.45, 2.75) is 58.8 Å². The van der Waals surface area contributed by atoms with Gasteiger partial charge in [-0.1, -0.05) is 23.8 Å². The maximum Gasteiger partial charge on any atom is 0.0761 e. The Morgan fingerprint density at radius 1 is 1.14 bits per heavy atom. The van der Waals surface area contributed by atoms with E-state index in [-0.39, 0.29) is 17.2 Å². The van der Waals surface area contributed by atoms with E-state index in [4.69, 9.17) is 10.5 Å². The van der Waals surface area contributed by atoms with Crippen molar-refractivity contribution in [1.82, 2.24) is 4.90 Å². The minimum absolute atomic E-state index is 0.145. The van der Waals surface area contributed by atoms with E-state index >= 15 is 0 Å². The van der Waals surface area contributed by atoms with Gasteiger partial charge in [0.25, 0.3) is 0 Å². The van der Waals surface area contributed by atoms with Gasteiger partial charge in [0.1, 0.15) is 0 Å². The lowest BCUT2D eigenvalue weighted by atomic mass is 9.92. The first-order valence-corrected chi connectivity index (χ1v) is 7.85. The molecule has 3 heteroatoms. The number of rotatable bonds is 3. The summed E-state index contributed by atoms with van der Waals surface area (Å²) < 4.78 is 6.19. The molecule has 2 rings (SSSR count). The lowest BCUT2D eigenvalue weighted by Crippen LogP contribution is -2.58. The first-order valence-electron chi connectivity index (χ1n) is 7.85. The Kier molecular flexibility index (Phi) is 4.48. The third kappa shape index (κ3) is 3.85. The highest BCUT2D eigenvalue weighted by Gasteiger charge is 2.40. The molecule has 1 aromatic rings. The lowest BCUT2D eigenvalue weighted by Gasteiger charge is -2.49. The van der Waals surface area contributed by atoms with Gasteiger partial charge in [0.05, 0.1) is 11.2 Å². The smallest absolute Gasteiger partial charge is 0.0761 e. The van der Waals surface area contributed by atoms with Gasteiger partial charge >= 0.3 is 0 Å². The molecule has 1 fully saturated rings. The molecule has 1 heterocycles. The summed E-state index contributed by atoms with van der Waals surface area (Å²) in [5.41, 5.74) is 9.82. The molecule has 1 aromatic carbocycles. The number of ether oxygens (including phenoxy) is 1. The molecule has 1 unspecified atom stereocenters. The standard InChI is InChI=1S/C18H30N2O/c1-13-7-8-15(14(2)9-13)16(10-19)20-11-17(3,4)21-18(5,6)12-20/h7-9,16H,10-12,19H2,1-6H3. The topological polar surface area (TPSA) is 38.5 Å². The van der Waals surface area contributed by atoms with Crippen LogP contribution < -0.4 is 5.73 Å². The van der Waals surface area contributed by atoms with E-state index in [0.29, 0.717) is 6.54 Å². The van der Waals surface area contributed by atoms with E-state index in [9.17, 15) is 0 Å². The number of aryl methyl sites for hydroxylation is 2. The first kappa shape index (κ1) is 16.5. The summed E-state index contributed by atoms with van der Waals surface area (Å²) in [5.74, 6) is 0. The van der Waals surface area contributed by atoms with E-state index in [0.717, 1.165) is 13.1 Å². The molecule has 1 aliphatic rings. The van der Waals surface area contributed by atoms with Gasteiger partial charge in [-0.25, -0.2) is 0 Å². The number of nitrogens with two attached hydrogens (primary N) is 1. The van der Waals surface area contributed by atoms with Gasteiger partial charge in [-0.2, -0.15) is 0 Å². The molecule has 0 bridgehead atoms. The Hall–Kier alpha value is -0.900. The zero-order valence-electron chi connectivity index (χ0n) is 14.4. The maximum absolute atomic E-state index is 6.19. The second-order valence-corrected chi connectivity index (χ2v) is 7.64. The molecular formula is C18H30N2O. The number of benzene rings is 1. The minimum Gasteiger partial charge on any atom is -0.367 e. The number of morpholine rings is 1. The van der Waals surface area contributed by atoms with Crippen LogP contribution in [0.1, 0.15) is 50.4 Å². The molecule has 0 aromatic heterocycles. The van der Waals surface area contributed by atoms with Crippen molar-refractivity contribution in [3.05, 3.63) is 34.9 Å². The van der Waals surface area contributed by atoms with E-state index in [1.807, 2.05) is 0 Å². The third-order valence-electron chi connectivity index (χ3n) is 4.17. The molecule has 3 nitrogen and oxygen atoms in total. The fraction of sp³-hybridized carbons (Fsp3) is 0.667. The Bertz CT molecular complexity index is 492. The van der Waals surface area contributed by atoms with Crippen molar-refractivity contribution in [1.29, 1.82) is 0 Å². The Morgan fingerprint density at radius 2 is 1.71 bits per heavy atom. The number of hydrogen-bond donors (Lipinski definition) is 1. The van der Waals surface area contributed by atoms with Crippen LogP contribution in [0.4, 0.5) is 0 Å². The van der Waals surface area contributed by atoms with E-state index < -0.39 is 0 Å². The van der Waals surface area contributed by atoms with Crippen molar-refractivity contribution in [3.63, 3.8) is 0 Å². The van der Waals surface area contributed by atoms with E-state index in [2.05, 4.69) is 64.6 Å². The molecule has 0 amide bonds. The van der Waals surface area contributed by atoms with Gasteiger partial charge in [-0.3, -0.25) is 4.90 Å². The van der Waals surface area contributed by atoms with Crippen LogP contribution in [0, 0.1) is 13.8 Å². The summed E-state index contributed by atoms with van der Waals surface area (Å²) in [6, 6.07) is 6.92. The minimum atomic E-state index is -0.145. The molecule has 118 valence electrons. The quantitative estimate of drug-likeness (QED) is 0.929. The number of nitrogens with zero attached hydrogens (tertiary/aromatic N) is 1. The molecular weight excluding hydrogens is 260 g/mol. The second kappa shape index (κ2) is 5.71. The second-order valence-electron chi connectivity index (χ2n) is 7.64. The van der Waals surface area contributed by atoms with Crippen LogP contribution in [0.2, 0.25) is 0 Å². The summed E-state index contributed by atoms with van der Waals surface area (Å²) in [7, 11) is 0. The SMILES string of the molecule is Cc1ccc(C(CN)N2CC(C)(C)OC(C)(C)C2)c(C)c1. The van der Waals surface area contributed by atoms with Gasteiger partial charge < -0.3 is 10.5 Å². The normalized spacial score (nSPS) is 23.0. The molecule has 0 radical (unpaired) electrons. The molecule has 0 aliphatic carbocycles. The summed E-state index contributed by atoms with van der Waals surface area (Å²) in [6.45, 7) is 15.4. The Labute approximate surface area is 129 Å². The first-order chi connectivity index (χ1) is 9.63. The molecule has 0 saturated carbocycles. The van der Waals surface area contributed by atoms with Crippen LogP contribution in [-0.4, -0.2) is 35.7 Å². The van der Waals surface area contributed by atoms with Gasteiger partial charge in [0.15, 0.2) is 0 Å². The van der Waals surface area contributed by atoms with Crippen molar-refractivity contribution in [2.24, 2.45) is 5.73 Å². The number of hydrogen-bond acceptors (Lipinski definition) is 3.